The van der Waals surface area contributed by atoms with Crippen LogP contribution in [-0.4, -0.2) is 82.5 Å². The third-order valence-electron chi connectivity index (χ3n) is 25.8. The minimum absolute atomic E-state index is 0.241. The van der Waals surface area contributed by atoms with E-state index in [1.807, 2.05) is 0 Å². The Kier molecular flexibility index (Phi) is 33.6. The van der Waals surface area contributed by atoms with Crippen LogP contribution in [0.4, 0.5) is 8.78 Å². The van der Waals surface area contributed by atoms with Crippen molar-refractivity contribution in [3.05, 3.63) is 46.0 Å². The Morgan fingerprint density at radius 2 is 0.480 bits per heavy atom. The number of benzene rings is 3. The fraction of sp³-hybridized carbons (Fsp3) is 0.795. The number of nitrogens with zero attached hydrogens (tertiary/aromatic N) is 4. The Balaban J connectivity index is 1.18. The number of rotatable bonds is 54. The van der Waals surface area contributed by atoms with Gasteiger partial charge in [-0.3, -0.25) is 0 Å². The van der Waals surface area contributed by atoms with Crippen LogP contribution in [0.25, 0.3) is 44.3 Å². The molecule has 0 radical (unpaired) electrons. The third-order valence-corrected chi connectivity index (χ3v) is 28.1. The molecule has 4 aliphatic rings. The Morgan fingerprint density at radius 3 is 0.696 bits per heavy atom. The molecule has 0 amide bonds. The predicted molar refractivity (Wildman–Crippen MR) is 433 cm³/mol. The number of unbranched alkanes of at least 4 members (excludes halogenated alkanes) is 44. The minimum atomic E-state index is -0.853. The van der Waals surface area contributed by atoms with Gasteiger partial charge in [-0.25, -0.2) is 0 Å². The average molecular weight is 1540 g/mol. The van der Waals surface area contributed by atoms with Crippen LogP contribution in [-0.2, 0) is 29.4 Å². The summed E-state index contributed by atoms with van der Waals surface area (Å²) in [6, 6.07) is 4.60. The smallest absolute Gasteiger partial charge is 0.0654 e. The zero-order valence-corrected chi connectivity index (χ0v) is 70.5. The molecular formula is C88H142B2F2N4O4Se2. The predicted octanol–water partition coefficient (Wildman–Crippen LogP) is 25.5. The van der Waals surface area contributed by atoms with Crippen LogP contribution in [0.5, 0.6) is 0 Å². The SMILES string of the molecule is CCCCCCCCCCCCCCC1(CCCCCCCCCCCCCC)c2cc(B3OC(C)(C)C(C)(C)O3)c3n[se]nc3c2-c2c(F)c3c(c(F)c21)-c1c(cc(B2OC(C)(C)C(C)(C)O2)c2n[se]nc12)C3(CCCCCCCCCCCCCC)CCCCCCCCCCCCCC. The van der Waals surface area contributed by atoms with E-state index in [1.165, 1.54) is 231 Å². The van der Waals surface area contributed by atoms with E-state index in [4.69, 9.17) is 34.5 Å². The van der Waals surface area contributed by atoms with Gasteiger partial charge in [-0.05, 0) is 0 Å². The number of halogens is 2. The molecule has 0 spiro atoms. The molecule has 0 atom stereocenters. The molecule has 8 nitrogen and oxygen atoms in total. The number of hydrogen-bond acceptors (Lipinski definition) is 8. The molecule has 0 saturated carbocycles. The van der Waals surface area contributed by atoms with Gasteiger partial charge in [-0.2, -0.15) is 0 Å². The zero-order valence-electron chi connectivity index (χ0n) is 67.1. The van der Waals surface area contributed by atoms with Gasteiger partial charge < -0.3 is 0 Å². The molecule has 2 aromatic heterocycles. The van der Waals surface area contributed by atoms with Crippen molar-refractivity contribution < 1.29 is 27.4 Å². The van der Waals surface area contributed by atoms with E-state index < -0.39 is 77.4 Å². The van der Waals surface area contributed by atoms with Crippen molar-refractivity contribution in [2.75, 3.05) is 0 Å². The molecule has 5 aromatic rings. The molecule has 570 valence electrons. The molecule has 0 unspecified atom stereocenters. The van der Waals surface area contributed by atoms with Gasteiger partial charge in [-0.15, -0.1) is 0 Å². The van der Waals surface area contributed by atoms with E-state index in [9.17, 15) is 0 Å². The Hall–Kier alpha value is -2.27. The number of fused-ring (bicyclic) bond motifs is 10. The quantitative estimate of drug-likeness (QED) is 0.0281. The van der Waals surface area contributed by atoms with Crippen molar-refractivity contribution in [1.29, 1.82) is 0 Å². The van der Waals surface area contributed by atoms with Crippen molar-refractivity contribution >= 4 is 77.2 Å². The van der Waals surface area contributed by atoms with Crippen LogP contribution in [0, 0.1) is 11.6 Å². The first kappa shape index (κ1) is 83.8. The molecule has 0 N–H and O–H groups in total. The Labute approximate surface area is 634 Å². The second kappa shape index (κ2) is 41.0. The second-order valence-corrected chi connectivity index (χ2v) is 36.9. The van der Waals surface area contributed by atoms with Gasteiger partial charge in [-0.1, -0.05) is 182 Å². The second-order valence-electron chi connectivity index (χ2n) is 34.7. The average Bonchev–Trinajstić information content (AvgIpc) is 1.50. The van der Waals surface area contributed by atoms with E-state index in [0.29, 0.717) is 33.3 Å². The van der Waals surface area contributed by atoms with E-state index >= 15 is 8.78 Å². The summed E-state index contributed by atoms with van der Waals surface area (Å²) in [5.74, 6) is -0.482. The van der Waals surface area contributed by atoms with Crippen molar-refractivity contribution in [1.82, 2.24) is 15.9 Å². The van der Waals surface area contributed by atoms with E-state index in [2.05, 4.69) is 95.2 Å². The maximum atomic E-state index is 20.8. The molecule has 102 heavy (non-hydrogen) atoms. The molecule has 0 bridgehead atoms. The van der Waals surface area contributed by atoms with E-state index in [0.717, 1.165) is 147 Å². The van der Waals surface area contributed by atoms with E-state index in [-0.39, 0.29) is 11.6 Å². The fourth-order valence-electron chi connectivity index (χ4n) is 18.2. The number of hydrogen-bond donors (Lipinski definition) is 0. The van der Waals surface area contributed by atoms with Gasteiger partial charge in [0.1, 0.15) is 0 Å². The van der Waals surface area contributed by atoms with Crippen LogP contribution in [0.3, 0.4) is 0 Å². The molecule has 2 aliphatic heterocycles. The third kappa shape index (κ3) is 20.4. The van der Waals surface area contributed by atoms with Crippen molar-refractivity contribution in [3.63, 3.8) is 0 Å². The Bertz CT molecular complexity index is 3020. The first-order valence-electron chi connectivity index (χ1n) is 43.2. The molecule has 3 aromatic carbocycles. The maximum absolute atomic E-state index is 20.8. The summed E-state index contributed by atoms with van der Waals surface area (Å²) in [7, 11) is -1.42. The van der Waals surface area contributed by atoms with Gasteiger partial charge in [0.05, 0.1) is 0 Å². The molecular weight excluding hydrogens is 1390 g/mol. The van der Waals surface area contributed by atoms with Crippen molar-refractivity contribution in [3.8, 4) is 22.3 Å². The van der Waals surface area contributed by atoms with Gasteiger partial charge in [0.15, 0.2) is 0 Å². The van der Waals surface area contributed by atoms with Crippen LogP contribution in [0.2, 0.25) is 0 Å². The van der Waals surface area contributed by atoms with Gasteiger partial charge in [0.2, 0.25) is 0 Å². The molecule has 2 saturated heterocycles. The molecule has 4 heterocycles. The number of aromatic nitrogens is 4. The van der Waals surface area contributed by atoms with Crippen molar-refractivity contribution in [2.45, 2.75) is 450 Å². The summed E-state index contributed by atoms with van der Waals surface area (Å²) < 4.78 is 91.1. The zero-order chi connectivity index (χ0) is 72.6. The van der Waals surface area contributed by atoms with Gasteiger partial charge in [0, 0.05) is 0 Å². The molecule has 2 aliphatic carbocycles. The summed E-state index contributed by atoms with van der Waals surface area (Å²) in [5.41, 5.74) is 6.13. The Morgan fingerprint density at radius 1 is 0.284 bits per heavy atom. The summed E-state index contributed by atoms with van der Waals surface area (Å²) >= 11 is -0.975. The van der Waals surface area contributed by atoms with Gasteiger partial charge in [0.25, 0.3) is 0 Å². The van der Waals surface area contributed by atoms with Gasteiger partial charge >= 0.3 is 457 Å². The monoisotopic (exact) mass is 1540 g/mol. The summed E-state index contributed by atoms with van der Waals surface area (Å²) in [4.78, 5) is 0. The van der Waals surface area contributed by atoms with E-state index in [1.54, 1.807) is 0 Å². The van der Waals surface area contributed by atoms with Crippen LogP contribution in [0.1, 0.15) is 439 Å². The summed E-state index contributed by atoms with van der Waals surface area (Å²) in [5, 5.41) is 0. The molecule has 9 rings (SSSR count). The molecule has 14 heteroatoms. The molecule has 2 fully saturated rings. The first-order valence-corrected chi connectivity index (χ1v) is 46.3. The standard InChI is InChI=1S/C88H142B2F2N4O4Se2/c1-13-17-21-25-29-33-37-41-45-49-53-57-61-87(62-58-54-50-46-42-38-34-30-26-22-18-14-2)67-65-69(89-97-83(5,6)84(7,8)98-89)79-81(95-101-93-79)71(67)73-75(87)77(91)74-72-68(66-70(80-82(72)96-102-94-80)90-99-85(9,10)86(11,12)100-90)88(76(74)78(73)92,63-59-55-51-47-43-39-35-31-27-23-19-15-3)64-60-56-52-48-44-40-36-32-28-24-20-16-4/h65-66H,13-64H2,1-12H3. The summed E-state index contributed by atoms with van der Waals surface area (Å²) in [6.07, 6.45) is 62.3. The minimum Gasteiger partial charge on any atom is -0.0654 e. The van der Waals surface area contributed by atoms with Crippen LogP contribution in [0.15, 0.2) is 12.1 Å². The van der Waals surface area contributed by atoms with Crippen LogP contribution < -0.4 is 10.9 Å². The topological polar surface area (TPSA) is 88.5 Å². The summed E-state index contributed by atoms with van der Waals surface area (Å²) in [6.45, 7) is 26.1. The van der Waals surface area contributed by atoms with Crippen molar-refractivity contribution in [2.24, 2.45) is 0 Å². The normalized spacial score (nSPS) is 17.3. The van der Waals surface area contributed by atoms with Crippen LogP contribution >= 0.6 is 0 Å². The first-order chi connectivity index (χ1) is 49.4. The fourth-order valence-corrected chi connectivity index (χ4v) is 20.6.